The van der Waals surface area contributed by atoms with Gasteiger partial charge < -0.3 is 5.32 Å². The molecule has 1 nitrogen and oxygen atoms in total. The summed E-state index contributed by atoms with van der Waals surface area (Å²) in [5, 5.41) is 3.39. The Balaban J connectivity index is 1.82. The molecule has 1 atom stereocenters. The molecule has 0 spiro atoms. The van der Waals surface area contributed by atoms with Crippen molar-refractivity contribution in [2.75, 3.05) is 7.05 Å². The maximum absolute atomic E-state index is 3.39. The fraction of sp³-hybridized carbons (Fsp3) is 0.400. The lowest BCUT2D eigenvalue weighted by Gasteiger charge is -2.32. The van der Waals surface area contributed by atoms with E-state index < -0.39 is 0 Å². The molecule has 0 saturated heterocycles. The molecule has 0 aliphatic heterocycles. The molecular weight excluding hydrogens is 254 g/mol. The number of hydrogen-bond acceptors (Lipinski definition) is 1. The lowest BCUT2D eigenvalue weighted by atomic mass is 9.72. The number of nitrogens with one attached hydrogen (secondary N) is 1. The quantitative estimate of drug-likeness (QED) is 0.882. The minimum absolute atomic E-state index is 0.267. The standard InChI is InChI=1S/C20H23N/c1-14(21-2)11-12-20-13-17(15-7-3-5-9-18(15)20)16-8-4-6-10-19(16)20/h3-10,14,17,21H,11-13H2,1-2H3. The van der Waals surface area contributed by atoms with E-state index in [1.54, 1.807) is 22.3 Å². The molecule has 4 rings (SSSR count). The molecule has 2 aromatic carbocycles. The van der Waals surface area contributed by atoms with E-state index in [2.05, 4.69) is 67.8 Å². The van der Waals surface area contributed by atoms with Gasteiger partial charge in [0.15, 0.2) is 0 Å². The van der Waals surface area contributed by atoms with E-state index >= 15 is 0 Å². The van der Waals surface area contributed by atoms with Gasteiger partial charge in [0.05, 0.1) is 0 Å². The molecule has 0 fully saturated rings. The van der Waals surface area contributed by atoms with Gasteiger partial charge in [0.25, 0.3) is 0 Å². The highest BCUT2D eigenvalue weighted by molar-refractivity contribution is 5.62. The largest absolute Gasteiger partial charge is 0.317 e. The van der Waals surface area contributed by atoms with Crippen molar-refractivity contribution < 1.29 is 0 Å². The van der Waals surface area contributed by atoms with Crippen molar-refractivity contribution in [2.24, 2.45) is 0 Å². The highest BCUT2D eigenvalue weighted by Crippen LogP contribution is 2.61. The van der Waals surface area contributed by atoms with Crippen LogP contribution in [0.25, 0.3) is 0 Å². The second-order valence-corrected chi connectivity index (χ2v) is 6.74. The second kappa shape index (κ2) is 4.71. The Morgan fingerprint density at radius 1 is 1.05 bits per heavy atom. The smallest absolute Gasteiger partial charge is 0.0218 e. The van der Waals surface area contributed by atoms with Gasteiger partial charge in [0, 0.05) is 17.4 Å². The van der Waals surface area contributed by atoms with Gasteiger partial charge >= 0.3 is 0 Å². The van der Waals surface area contributed by atoms with Crippen molar-refractivity contribution in [3.05, 3.63) is 70.8 Å². The minimum Gasteiger partial charge on any atom is -0.317 e. The molecule has 2 bridgehead atoms. The highest BCUT2D eigenvalue weighted by Gasteiger charge is 2.51. The van der Waals surface area contributed by atoms with Crippen molar-refractivity contribution in [2.45, 2.75) is 43.6 Å². The molecular formula is C20H23N. The Morgan fingerprint density at radius 3 is 2.19 bits per heavy atom. The maximum Gasteiger partial charge on any atom is 0.0218 e. The summed E-state index contributed by atoms with van der Waals surface area (Å²) >= 11 is 0. The van der Waals surface area contributed by atoms with Gasteiger partial charge in [0.2, 0.25) is 0 Å². The Bertz CT molecular complexity index is 626. The third-order valence-corrected chi connectivity index (χ3v) is 5.75. The van der Waals surface area contributed by atoms with Crippen molar-refractivity contribution in [3.63, 3.8) is 0 Å². The van der Waals surface area contributed by atoms with Gasteiger partial charge in [0.1, 0.15) is 0 Å². The van der Waals surface area contributed by atoms with E-state index in [1.165, 1.54) is 19.3 Å². The third-order valence-electron chi connectivity index (χ3n) is 5.75. The van der Waals surface area contributed by atoms with Crippen LogP contribution >= 0.6 is 0 Å². The van der Waals surface area contributed by atoms with Gasteiger partial charge in [-0.25, -0.2) is 0 Å². The van der Waals surface area contributed by atoms with E-state index in [-0.39, 0.29) is 5.41 Å². The van der Waals surface area contributed by atoms with E-state index in [9.17, 15) is 0 Å². The van der Waals surface area contributed by atoms with Crippen LogP contribution in [-0.4, -0.2) is 13.1 Å². The van der Waals surface area contributed by atoms with Gasteiger partial charge in [-0.15, -0.1) is 0 Å². The zero-order valence-corrected chi connectivity index (χ0v) is 12.9. The van der Waals surface area contributed by atoms with E-state index in [4.69, 9.17) is 0 Å². The van der Waals surface area contributed by atoms with Gasteiger partial charge in [-0.1, -0.05) is 48.5 Å². The first-order valence-electron chi connectivity index (χ1n) is 8.12. The molecule has 1 unspecified atom stereocenters. The molecule has 1 N–H and O–H groups in total. The number of hydrogen-bond donors (Lipinski definition) is 1. The molecule has 2 aliphatic carbocycles. The Morgan fingerprint density at radius 2 is 1.62 bits per heavy atom. The van der Waals surface area contributed by atoms with Crippen LogP contribution in [0.4, 0.5) is 0 Å². The zero-order valence-electron chi connectivity index (χ0n) is 12.9. The van der Waals surface area contributed by atoms with Gasteiger partial charge in [-0.3, -0.25) is 0 Å². The molecule has 108 valence electrons. The minimum atomic E-state index is 0.267. The maximum atomic E-state index is 3.39. The molecule has 0 heterocycles. The molecule has 0 amide bonds. The van der Waals surface area contributed by atoms with Gasteiger partial charge in [-0.2, -0.15) is 0 Å². The fourth-order valence-corrected chi connectivity index (χ4v) is 4.55. The summed E-state index contributed by atoms with van der Waals surface area (Å²) in [5.41, 5.74) is 6.61. The van der Waals surface area contributed by atoms with Gasteiger partial charge in [-0.05, 0) is 55.5 Å². The first-order valence-corrected chi connectivity index (χ1v) is 8.12. The second-order valence-electron chi connectivity index (χ2n) is 6.74. The van der Waals surface area contributed by atoms with Crippen molar-refractivity contribution in [3.8, 4) is 0 Å². The number of fused-ring (bicyclic) bond motifs is 8. The third kappa shape index (κ3) is 1.74. The molecule has 2 aromatic rings. The van der Waals surface area contributed by atoms with Crippen LogP contribution in [0, 0.1) is 0 Å². The zero-order chi connectivity index (χ0) is 14.4. The Hall–Kier alpha value is -1.60. The lowest BCUT2D eigenvalue weighted by molar-refractivity contribution is 0.424. The molecule has 0 saturated carbocycles. The fourth-order valence-electron chi connectivity index (χ4n) is 4.55. The highest BCUT2D eigenvalue weighted by atomic mass is 14.8. The summed E-state index contributed by atoms with van der Waals surface area (Å²) in [5.74, 6) is 0.627. The monoisotopic (exact) mass is 277 g/mol. The summed E-state index contributed by atoms with van der Waals surface area (Å²) in [6.07, 6.45) is 3.76. The summed E-state index contributed by atoms with van der Waals surface area (Å²) in [6, 6.07) is 18.8. The molecule has 0 radical (unpaired) electrons. The van der Waals surface area contributed by atoms with E-state index in [0.29, 0.717) is 12.0 Å². The van der Waals surface area contributed by atoms with Crippen molar-refractivity contribution >= 4 is 0 Å². The van der Waals surface area contributed by atoms with Crippen LogP contribution in [0.3, 0.4) is 0 Å². The average Bonchev–Trinajstić information content (AvgIpc) is 3.06. The molecule has 1 heteroatoms. The first kappa shape index (κ1) is 13.1. The topological polar surface area (TPSA) is 12.0 Å². The SMILES string of the molecule is CNC(C)CCC12CC(c3ccccc31)c1ccccc12. The normalized spacial score (nSPS) is 26.5. The van der Waals surface area contributed by atoms with Crippen LogP contribution in [0.2, 0.25) is 0 Å². The van der Waals surface area contributed by atoms with Crippen LogP contribution < -0.4 is 5.32 Å². The van der Waals surface area contributed by atoms with Crippen LogP contribution in [0.1, 0.15) is 54.4 Å². The summed E-state index contributed by atoms with van der Waals surface area (Å²) in [4.78, 5) is 0. The Labute approximate surface area is 127 Å². The lowest BCUT2D eigenvalue weighted by Crippen LogP contribution is -2.28. The van der Waals surface area contributed by atoms with E-state index in [0.717, 1.165) is 0 Å². The van der Waals surface area contributed by atoms with E-state index in [1.807, 2.05) is 0 Å². The molecule has 2 aliphatic rings. The Kier molecular flexibility index (Phi) is 2.93. The van der Waals surface area contributed by atoms with Crippen molar-refractivity contribution in [1.29, 1.82) is 0 Å². The molecule has 21 heavy (non-hydrogen) atoms. The predicted octanol–water partition coefficient (Wildman–Crippen LogP) is 4.21. The van der Waals surface area contributed by atoms with Crippen LogP contribution in [-0.2, 0) is 5.41 Å². The van der Waals surface area contributed by atoms with Crippen LogP contribution in [0.5, 0.6) is 0 Å². The summed E-state index contributed by atoms with van der Waals surface area (Å²) < 4.78 is 0. The molecule has 0 aromatic heterocycles. The first-order chi connectivity index (χ1) is 10.3. The number of rotatable bonds is 4. The average molecular weight is 277 g/mol. The van der Waals surface area contributed by atoms with Crippen molar-refractivity contribution in [1.82, 2.24) is 5.32 Å². The number of benzene rings is 2. The predicted molar refractivity (Wildman–Crippen MR) is 87.9 cm³/mol. The van der Waals surface area contributed by atoms with Crippen LogP contribution in [0.15, 0.2) is 48.5 Å². The summed E-state index contributed by atoms with van der Waals surface area (Å²) in [7, 11) is 2.07. The summed E-state index contributed by atoms with van der Waals surface area (Å²) in [6.45, 7) is 2.29.